The van der Waals surface area contributed by atoms with Gasteiger partial charge in [0.15, 0.2) is 0 Å². The Morgan fingerprint density at radius 1 is 1.36 bits per heavy atom. The number of benzene rings is 1. The molecule has 1 atom stereocenters. The summed E-state index contributed by atoms with van der Waals surface area (Å²) in [4.78, 5) is 38.4. The van der Waals surface area contributed by atoms with Gasteiger partial charge in [0.2, 0.25) is 5.91 Å². The van der Waals surface area contributed by atoms with Gasteiger partial charge in [-0.2, -0.15) is 0 Å². The largest absolute Gasteiger partial charge is 0.480 e. The van der Waals surface area contributed by atoms with Crippen LogP contribution in [0, 0.1) is 0 Å². The van der Waals surface area contributed by atoms with E-state index in [1.165, 1.54) is 9.80 Å². The molecule has 1 aliphatic rings. The molecule has 0 bridgehead atoms. The van der Waals surface area contributed by atoms with Crippen molar-refractivity contribution in [1.82, 2.24) is 9.80 Å². The summed E-state index contributed by atoms with van der Waals surface area (Å²) in [7, 11) is 0. The number of aliphatic carboxylic acids is 1. The predicted molar refractivity (Wildman–Crippen MR) is 80.3 cm³/mol. The van der Waals surface area contributed by atoms with Crippen LogP contribution in [0.15, 0.2) is 24.3 Å². The van der Waals surface area contributed by atoms with E-state index in [0.717, 1.165) is 5.56 Å². The van der Waals surface area contributed by atoms with Gasteiger partial charge >= 0.3 is 5.97 Å². The molecule has 0 aromatic heterocycles. The lowest BCUT2D eigenvalue weighted by Gasteiger charge is -2.28. The summed E-state index contributed by atoms with van der Waals surface area (Å²) in [5, 5.41) is 8.96. The molecule has 1 heterocycles. The highest BCUT2D eigenvalue weighted by Crippen LogP contribution is 2.22. The van der Waals surface area contributed by atoms with E-state index in [4.69, 9.17) is 5.11 Å². The van der Waals surface area contributed by atoms with Crippen molar-refractivity contribution in [3.05, 3.63) is 35.4 Å². The van der Waals surface area contributed by atoms with Crippen molar-refractivity contribution in [1.29, 1.82) is 0 Å². The van der Waals surface area contributed by atoms with Crippen molar-refractivity contribution in [2.75, 3.05) is 13.1 Å². The Bertz CT molecular complexity index is 600. The van der Waals surface area contributed by atoms with Gasteiger partial charge in [-0.15, -0.1) is 0 Å². The maximum atomic E-state index is 12.4. The average Bonchev–Trinajstić information content (AvgIpc) is 2.80. The summed E-state index contributed by atoms with van der Waals surface area (Å²) in [5.41, 5.74) is 1.51. The van der Waals surface area contributed by atoms with Gasteiger partial charge < -0.3 is 14.9 Å². The molecule has 118 valence electrons. The Morgan fingerprint density at radius 2 is 2.05 bits per heavy atom. The molecule has 1 N–H and O–H groups in total. The zero-order chi connectivity index (χ0) is 16.3. The van der Waals surface area contributed by atoms with Gasteiger partial charge in [-0.05, 0) is 25.0 Å². The Balaban J connectivity index is 2.08. The number of hydrogen-bond acceptors (Lipinski definition) is 3. The molecule has 1 unspecified atom stereocenters. The lowest BCUT2D eigenvalue weighted by atomic mass is 10.1. The maximum absolute atomic E-state index is 12.4. The molecule has 0 saturated carbocycles. The van der Waals surface area contributed by atoms with Crippen LogP contribution < -0.4 is 0 Å². The Kier molecular flexibility index (Phi) is 4.80. The molecule has 1 aliphatic heterocycles. The average molecular weight is 304 g/mol. The quantitative estimate of drug-likeness (QED) is 0.860. The Labute approximate surface area is 129 Å². The molecule has 6 heteroatoms. The molecular weight excluding hydrogens is 284 g/mol. The minimum atomic E-state index is -1.05. The summed E-state index contributed by atoms with van der Waals surface area (Å²) in [6.07, 6.45) is 0.660. The van der Waals surface area contributed by atoms with E-state index in [1.807, 2.05) is 19.1 Å². The third-order valence-corrected chi connectivity index (χ3v) is 3.97. The van der Waals surface area contributed by atoms with Crippen LogP contribution in [-0.4, -0.2) is 51.8 Å². The molecule has 0 fully saturated rings. The molecule has 2 amide bonds. The first-order valence-corrected chi connectivity index (χ1v) is 7.32. The van der Waals surface area contributed by atoms with Gasteiger partial charge in [0.1, 0.15) is 13.1 Å². The lowest BCUT2D eigenvalue weighted by Crippen LogP contribution is -2.46. The van der Waals surface area contributed by atoms with Gasteiger partial charge in [-0.3, -0.25) is 14.4 Å². The number of carbonyl (C=O) groups is 3. The van der Waals surface area contributed by atoms with Gasteiger partial charge in [0, 0.05) is 18.2 Å². The van der Waals surface area contributed by atoms with E-state index < -0.39 is 5.97 Å². The summed E-state index contributed by atoms with van der Waals surface area (Å²) < 4.78 is 0. The Hall–Kier alpha value is -2.37. The van der Waals surface area contributed by atoms with E-state index >= 15 is 0 Å². The fourth-order valence-corrected chi connectivity index (χ4v) is 2.55. The molecule has 0 spiro atoms. The van der Waals surface area contributed by atoms with Crippen molar-refractivity contribution < 1.29 is 19.5 Å². The molecule has 1 aromatic carbocycles. The summed E-state index contributed by atoms with van der Waals surface area (Å²) in [5.74, 6) is -1.56. The first kappa shape index (κ1) is 16.0. The number of carboxylic acids is 1. The van der Waals surface area contributed by atoms with Gasteiger partial charge in [-0.1, -0.05) is 25.1 Å². The van der Waals surface area contributed by atoms with Crippen LogP contribution in [0.2, 0.25) is 0 Å². The third-order valence-electron chi connectivity index (χ3n) is 3.97. The molecule has 2 rings (SSSR count). The Morgan fingerprint density at radius 3 is 2.64 bits per heavy atom. The summed E-state index contributed by atoms with van der Waals surface area (Å²) in [6, 6.07) is 7.07. The maximum Gasteiger partial charge on any atom is 0.323 e. The first-order chi connectivity index (χ1) is 10.4. The van der Waals surface area contributed by atoms with Crippen molar-refractivity contribution in [3.63, 3.8) is 0 Å². The molecule has 22 heavy (non-hydrogen) atoms. The molecule has 0 aliphatic carbocycles. The minimum absolute atomic E-state index is 0.0921. The van der Waals surface area contributed by atoms with Crippen LogP contribution in [-0.2, 0) is 16.1 Å². The number of fused-ring (bicyclic) bond motifs is 1. The first-order valence-electron chi connectivity index (χ1n) is 7.32. The van der Waals surface area contributed by atoms with Crippen molar-refractivity contribution in [3.8, 4) is 0 Å². The monoisotopic (exact) mass is 304 g/mol. The van der Waals surface area contributed by atoms with Crippen LogP contribution in [0.3, 0.4) is 0 Å². The van der Waals surface area contributed by atoms with Gasteiger partial charge in [0.05, 0.1) is 0 Å². The van der Waals surface area contributed by atoms with Crippen molar-refractivity contribution >= 4 is 17.8 Å². The second-order valence-electron chi connectivity index (χ2n) is 5.49. The van der Waals surface area contributed by atoms with E-state index in [0.29, 0.717) is 18.5 Å². The third kappa shape index (κ3) is 3.27. The van der Waals surface area contributed by atoms with E-state index in [9.17, 15) is 14.4 Å². The molecule has 0 radical (unpaired) electrons. The van der Waals surface area contributed by atoms with Crippen LogP contribution in [0.25, 0.3) is 0 Å². The number of nitrogens with zero attached hydrogens (tertiary/aromatic N) is 2. The van der Waals surface area contributed by atoms with Crippen LogP contribution >= 0.6 is 0 Å². The smallest absolute Gasteiger partial charge is 0.323 e. The number of carboxylic acid groups (broad SMARTS) is 1. The zero-order valence-corrected chi connectivity index (χ0v) is 12.8. The van der Waals surface area contributed by atoms with Gasteiger partial charge in [-0.25, -0.2) is 0 Å². The fourth-order valence-electron chi connectivity index (χ4n) is 2.55. The predicted octanol–water partition coefficient (Wildman–Crippen LogP) is 1.35. The lowest BCUT2D eigenvalue weighted by molar-refractivity contribution is -0.146. The second kappa shape index (κ2) is 6.60. The highest BCUT2D eigenvalue weighted by atomic mass is 16.4. The van der Waals surface area contributed by atoms with Crippen LogP contribution in [0.5, 0.6) is 0 Å². The minimum Gasteiger partial charge on any atom is -0.480 e. The number of amides is 2. The second-order valence-corrected chi connectivity index (χ2v) is 5.49. The number of rotatable bonds is 6. The van der Waals surface area contributed by atoms with E-state index in [1.54, 1.807) is 19.1 Å². The highest BCUT2D eigenvalue weighted by Gasteiger charge is 2.31. The topological polar surface area (TPSA) is 77.9 Å². The number of carbonyl (C=O) groups excluding carboxylic acids is 2. The summed E-state index contributed by atoms with van der Waals surface area (Å²) >= 11 is 0. The van der Waals surface area contributed by atoms with Crippen molar-refractivity contribution in [2.45, 2.75) is 32.9 Å². The molecule has 0 saturated heterocycles. The molecule has 1 aromatic rings. The fraction of sp³-hybridized carbons (Fsp3) is 0.438. The van der Waals surface area contributed by atoms with Crippen molar-refractivity contribution in [2.24, 2.45) is 0 Å². The molecule has 6 nitrogen and oxygen atoms in total. The standard InChI is InChI=1S/C16H20N2O4/c1-3-11(2)18(10-15(20)21)14(19)9-17-8-12-6-4-5-7-13(12)16(17)22/h4-7,11H,3,8-10H2,1-2H3,(H,20,21). The SMILES string of the molecule is CCC(C)N(CC(=O)O)C(=O)CN1Cc2ccccc2C1=O. The normalized spacial score (nSPS) is 14.6. The van der Waals surface area contributed by atoms with Crippen LogP contribution in [0.1, 0.15) is 36.2 Å². The van der Waals surface area contributed by atoms with E-state index in [-0.39, 0.29) is 30.9 Å². The summed E-state index contributed by atoms with van der Waals surface area (Å²) in [6.45, 7) is 3.65. The zero-order valence-electron chi connectivity index (χ0n) is 12.8. The van der Waals surface area contributed by atoms with Crippen LogP contribution in [0.4, 0.5) is 0 Å². The highest BCUT2D eigenvalue weighted by molar-refractivity contribution is 6.00. The molecular formula is C16H20N2O4. The van der Waals surface area contributed by atoms with Gasteiger partial charge in [0.25, 0.3) is 5.91 Å². The number of hydrogen-bond donors (Lipinski definition) is 1. The van der Waals surface area contributed by atoms with E-state index in [2.05, 4.69) is 0 Å².